The quantitative estimate of drug-likeness (QED) is 0.592. The van der Waals surface area contributed by atoms with Crippen molar-refractivity contribution in [2.75, 3.05) is 19.6 Å². The van der Waals surface area contributed by atoms with Gasteiger partial charge in [0.2, 0.25) is 0 Å². The maximum atomic E-state index is 5.54. The summed E-state index contributed by atoms with van der Waals surface area (Å²) >= 11 is 0. The molecule has 0 aliphatic carbocycles. The molecule has 0 bridgehead atoms. The van der Waals surface area contributed by atoms with Gasteiger partial charge in [-0.2, -0.15) is 0 Å². The fraction of sp³-hybridized carbons (Fsp3) is 0.800. The number of hydrogen-bond acceptors (Lipinski definition) is 2. The molecule has 0 amide bonds. The van der Waals surface area contributed by atoms with Gasteiger partial charge in [0.15, 0.2) is 0 Å². The molecule has 2 saturated heterocycles. The van der Waals surface area contributed by atoms with Gasteiger partial charge in [-0.05, 0) is 25.8 Å². The lowest BCUT2D eigenvalue weighted by atomic mass is 9.98. The van der Waals surface area contributed by atoms with Crippen LogP contribution in [0.25, 0.3) is 0 Å². The van der Waals surface area contributed by atoms with Gasteiger partial charge < -0.3 is 5.73 Å². The first kappa shape index (κ1) is 8.27. The second kappa shape index (κ2) is 3.58. The van der Waals surface area contributed by atoms with Crippen molar-refractivity contribution in [3.8, 4) is 0 Å². The summed E-state index contributed by atoms with van der Waals surface area (Å²) < 4.78 is 0. The fourth-order valence-corrected chi connectivity index (χ4v) is 2.51. The molecule has 0 aromatic carbocycles. The highest BCUT2D eigenvalue weighted by atomic mass is 15.2. The minimum absolute atomic E-state index is 0.722. The summed E-state index contributed by atoms with van der Waals surface area (Å²) in [6.45, 7) is 3.31. The summed E-state index contributed by atoms with van der Waals surface area (Å²) in [4.78, 5) is 2.62. The molecule has 1 unspecified atom stereocenters. The standard InChI is InChI=1S/C10H18N2/c11-6-4-9-5-8-12-7-2-1-3-10(9)12/h4,10H,1-3,5-8,11H2/b9-4-. The van der Waals surface area contributed by atoms with E-state index in [1.807, 2.05) is 0 Å². The van der Waals surface area contributed by atoms with E-state index in [2.05, 4.69) is 11.0 Å². The van der Waals surface area contributed by atoms with Crippen molar-refractivity contribution in [2.24, 2.45) is 5.73 Å². The van der Waals surface area contributed by atoms with Crippen LogP contribution in [0.4, 0.5) is 0 Å². The molecule has 2 aliphatic heterocycles. The van der Waals surface area contributed by atoms with Crippen LogP contribution in [0.15, 0.2) is 11.6 Å². The van der Waals surface area contributed by atoms with E-state index in [0.29, 0.717) is 0 Å². The van der Waals surface area contributed by atoms with Crippen molar-refractivity contribution in [3.63, 3.8) is 0 Å². The molecule has 2 fully saturated rings. The van der Waals surface area contributed by atoms with E-state index in [4.69, 9.17) is 5.73 Å². The smallest absolute Gasteiger partial charge is 0.0308 e. The third kappa shape index (κ3) is 1.41. The molecule has 0 aromatic heterocycles. The lowest BCUT2D eigenvalue weighted by molar-refractivity contribution is 0.213. The molecule has 12 heavy (non-hydrogen) atoms. The molecule has 68 valence electrons. The zero-order valence-corrected chi connectivity index (χ0v) is 7.63. The van der Waals surface area contributed by atoms with E-state index in [9.17, 15) is 0 Å². The second-order valence-corrected chi connectivity index (χ2v) is 3.81. The van der Waals surface area contributed by atoms with Crippen LogP contribution in [0.5, 0.6) is 0 Å². The lowest BCUT2D eigenvalue weighted by Gasteiger charge is -2.29. The van der Waals surface area contributed by atoms with Crippen molar-refractivity contribution in [1.82, 2.24) is 4.90 Å². The Morgan fingerprint density at radius 1 is 1.42 bits per heavy atom. The predicted molar refractivity (Wildman–Crippen MR) is 51.0 cm³/mol. The minimum atomic E-state index is 0.722. The first-order chi connectivity index (χ1) is 5.92. The first-order valence-corrected chi connectivity index (χ1v) is 5.05. The molecule has 0 saturated carbocycles. The predicted octanol–water partition coefficient (Wildman–Crippen LogP) is 1.13. The largest absolute Gasteiger partial charge is 0.327 e. The van der Waals surface area contributed by atoms with Crippen LogP contribution in [0.2, 0.25) is 0 Å². The van der Waals surface area contributed by atoms with Gasteiger partial charge in [-0.3, -0.25) is 4.90 Å². The van der Waals surface area contributed by atoms with Crippen molar-refractivity contribution in [3.05, 3.63) is 11.6 Å². The molecule has 2 heteroatoms. The number of nitrogens with two attached hydrogens (primary N) is 1. The van der Waals surface area contributed by atoms with E-state index in [1.165, 1.54) is 38.8 Å². The summed E-state index contributed by atoms with van der Waals surface area (Å²) in [5.74, 6) is 0. The van der Waals surface area contributed by atoms with E-state index in [-0.39, 0.29) is 0 Å². The number of nitrogens with zero attached hydrogens (tertiary/aromatic N) is 1. The highest BCUT2D eigenvalue weighted by Gasteiger charge is 2.30. The zero-order chi connectivity index (χ0) is 8.39. The highest BCUT2D eigenvalue weighted by molar-refractivity contribution is 5.17. The maximum absolute atomic E-state index is 5.54. The average Bonchev–Trinajstić information content (AvgIpc) is 2.50. The van der Waals surface area contributed by atoms with Crippen LogP contribution < -0.4 is 5.73 Å². The maximum Gasteiger partial charge on any atom is 0.0308 e. The Hall–Kier alpha value is -0.340. The first-order valence-electron chi connectivity index (χ1n) is 5.05. The van der Waals surface area contributed by atoms with Crippen molar-refractivity contribution in [1.29, 1.82) is 0 Å². The Labute approximate surface area is 74.4 Å². The van der Waals surface area contributed by atoms with Crippen LogP contribution in [0, 0.1) is 0 Å². The van der Waals surface area contributed by atoms with Gasteiger partial charge in [-0.25, -0.2) is 0 Å². The van der Waals surface area contributed by atoms with Crippen molar-refractivity contribution in [2.45, 2.75) is 31.7 Å². The third-order valence-electron chi connectivity index (χ3n) is 3.11. The summed E-state index contributed by atoms with van der Waals surface area (Å²) in [5, 5.41) is 0. The SMILES string of the molecule is NC/C=C1/CCN2CCCCC12. The molecule has 2 heterocycles. The molecule has 0 aromatic rings. The summed E-state index contributed by atoms with van der Waals surface area (Å²) in [5.41, 5.74) is 7.14. The van der Waals surface area contributed by atoms with Gasteiger partial charge in [-0.15, -0.1) is 0 Å². The number of piperidine rings is 1. The molecule has 0 radical (unpaired) electrons. The number of rotatable bonds is 1. The summed E-state index contributed by atoms with van der Waals surface area (Å²) in [6.07, 6.45) is 7.67. The Bertz CT molecular complexity index is 186. The number of fused-ring (bicyclic) bond motifs is 1. The number of hydrogen-bond donors (Lipinski definition) is 1. The van der Waals surface area contributed by atoms with Gasteiger partial charge in [0.25, 0.3) is 0 Å². The molecule has 2 N–H and O–H groups in total. The molecule has 0 spiro atoms. The molecule has 2 aliphatic rings. The van der Waals surface area contributed by atoms with Crippen molar-refractivity contribution < 1.29 is 0 Å². The second-order valence-electron chi connectivity index (χ2n) is 3.81. The summed E-state index contributed by atoms with van der Waals surface area (Å²) in [7, 11) is 0. The lowest BCUT2D eigenvalue weighted by Crippen LogP contribution is -2.34. The normalized spacial score (nSPS) is 34.1. The van der Waals surface area contributed by atoms with Gasteiger partial charge in [-0.1, -0.05) is 18.1 Å². The van der Waals surface area contributed by atoms with Crippen LogP contribution in [0.1, 0.15) is 25.7 Å². The Morgan fingerprint density at radius 3 is 3.17 bits per heavy atom. The van der Waals surface area contributed by atoms with Crippen LogP contribution in [0.3, 0.4) is 0 Å². The van der Waals surface area contributed by atoms with E-state index in [0.717, 1.165) is 12.6 Å². The van der Waals surface area contributed by atoms with Crippen LogP contribution >= 0.6 is 0 Å². The topological polar surface area (TPSA) is 29.3 Å². The summed E-state index contributed by atoms with van der Waals surface area (Å²) in [6, 6.07) is 0.766. The molecule has 2 nitrogen and oxygen atoms in total. The molecule has 1 atom stereocenters. The van der Waals surface area contributed by atoms with Crippen LogP contribution in [-0.4, -0.2) is 30.6 Å². The van der Waals surface area contributed by atoms with Gasteiger partial charge in [0.05, 0.1) is 0 Å². The fourth-order valence-electron chi connectivity index (χ4n) is 2.51. The minimum Gasteiger partial charge on any atom is -0.327 e. The van der Waals surface area contributed by atoms with E-state index in [1.54, 1.807) is 5.57 Å². The Balaban J connectivity index is 2.05. The van der Waals surface area contributed by atoms with Crippen molar-refractivity contribution >= 4 is 0 Å². The van der Waals surface area contributed by atoms with E-state index >= 15 is 0 Å². The van der Waals surface area contributed by atoms with Gasteiger partial charge >= 0.3 is 0 Å². The average molecular weight is 166 g/mol. The third-order valence-corrected chi connectivity index (χ3v) is 3.11. The Kier molecular flexibility index (Phi) is 2.47. The monoisotopic (exact) mass is 166 g/mol. The molecular formula is C10H18N2. The van der Waals surface area contributed by atoms with Gasteiger partial charge in [0.1, 0.15) is 0 Å². The van der Waals surface area contributed by atoms with Gasteiger partial charge in [0, 0.05) is 19.1 Å². The van der Waals surface area contributed by atoms with Crippen LogP contribution in [-0.2, 0) is 0 Å². The van der Waals surface area contributed by atoms with E-state index < -0.39 is 0 Å². The Morgan fingerprint density at radius 2 is 2.33 bits per heavy atom. The molecular weight excluding hydrogens is 148 g/mol. The zero-order valence-electron chi connectivity index (χ0n) is 7.63. The molecule has 2 rings (SSSR count). The highest BCUT2D eigenvalue weighted by Crippen LogP contribution is 2.30.